The van der Waals surface area contributed by atoms with Crippen molar-refractivity contribution in [3.63, 3.8) is 0 Å². The molecule has 1 heterocycles. The molecule has 7 heteroatoms. The van der Waals surface area contributed by atoms with Crippen LogP contribution in [0.1, 0.15) is 0 Å². The lowest BCUT2D eigenvalue weighted by atomic mass is 10.2. The summed E-state index contributed by atoms with van der Waals surface area (Å²) in [7, 11) is -5.03. The lowest BCUT2D eigenvalue weighted by Gasteiger charge is -1.98. The summed E-state index contributed by atoms with van der Waals surface area (Å²) in [6.07, 6.45) is 1.37. The van der Waals surface area contributed by atoms with Gasteiger partial charge in [-0.25, -0.2) is 0 Å². The quantitative estimate of drug-likeness (QED) is 0.711. The van der Waals surface area contributed by atoms with Crippen LogP contribution in [-0.4, -0.2) is 13.6 Å². The zero-order valence-electron chi connectivity index (χ0n) is 6.68. The first-order valence-corrected chi connectivity index (χ1v) is 4.84. The molecule has 14 heavy (non-hydrogen) atoms. The maximum Gasteiger partial charge on any atom is 0.488 e. The summed E-state index contributed by atoms with van der Waals surface area (Å²) in [5.74, 6) is -0.220. The van der Waals surface area contributed by atoms with E-state index in [1.807, 2.05) is 0 Å². The van der Waals surface area contributed by atoms with Gasteiger partial charge in [-0.15, -0.1) is 0 Å². The fourth-order valence-corrected chi connectivity index (χ4v) is 1.39. The van der Waals surface area contributed by atoms with Gasteiger partial charge in [-0.2, -0.15) is 8.42 Å². The molecule has 0 amide bonds. The van der Waals surface area contributed by atoms with Crippen LogP contribution in [0.25, 0.3) is 11.0 Å². The van der Waals surface area contributed by atoms with Crippen LogP contribution in [-0.2, 0) is 10.5 Å². The Kier molecular flexibility index (Phi) is 1.88. The molecule has 0 aliphatic rings. The highest BCUT2D eigenvalue weighted by Crippen LogP contribution is 2.26. The normalized spacial score (nSPS) is 11.8. The first-order chi connectivity index (χ1) is 6.56. The highest BCUT2D eigenvalue weighted by atomic mass is 32.3. The fraction of sp³-hybridized carbons (Fsp3) is 0. The van der Waals surface area contributed by atoms with Crippen molar-refractivity contribution in [2.45, 2.75) is 0 Å². The van der Waals surface area contributed by atoms with Crippen molar-refractivity contribution in [1.29, 1.82) is 0 Å². The van der Waals surface area contributed by atoms with E-state index < -0.39 is 10.5 Å². The topological polar surface area (TPSA) is 69.4 Å². The molecule has 0 saturated carbocycles. The van der Waals surface area contributed by atoms with Crippen molar-refractivity contribution < 1.29 is 21.0 Å². The molecule has 0 fully saturated rings. The van der Waals surface area contributed by atoms with Gasteiger partial charge in [0.05, 0.1) is 6.20 Å². The zero-order chi connectivity index (χ0) is 10.2. The van der Waals surface area contributed by atoms with Gasteiger partial charge in [-0.3, -0.25) is 0 Å². The van der Waals surface area contributed by atoms with E-state index in [1.54, 1.807) is 6.07 Å². The van der Waals surface area contributed by atoms with Crippen molar-refractivity contribution in [1.82, 2.24) is 5.16 Å². The summed E-state index contributed by atoms with van der Waals surface area (Å²) >= 11 is 0. The summed E-state index contributed by atoms with van der Waals surface area (Å²) in [6.45, 7) is 0. The van der Waals surface area contributed by atoms with Crippen molar-refractivity contribution >= 4 is 21.5 Å². The molecular weight excluding hydrogens is 213 g/mol. The molecule has 0 N–H and O–H groups in total. The Labute approximate surface area is 78.5 Å². The maximum absolute atomic E-state index is 12.2. The van der Waals surface area contributed by atoms with E-state index in [9.17, 15) is 12.3 Å². The smallest absolute Gasteiger partial charge is 0.354 e. The zero-order valence-corrected chi connectivity index (χ0v) is 7.49. The number of halogens is 1. The Hall–Kier alpha value is -1.63. The molecule has 1 aromatic heterocycles. The van der Waals surface area contributed by atoms with Gasteiger partial charge in [-0.1, -0.05) is 15.1 Å². The number of benzene rings is 1. The molecule has 5 nitrogen and oxygen atoms in total. The molecule has 2 rings (SSSR count). The molecule has 1 aromatic carbocycles. The number of rotatable bonds is 2. The van der Waals surface area contributed by atoms with Gasteiger partial charge >= 0.3 is 10.5 Å². The van der Waals surface area contributed by atoms with Crippen molar-refractivity contribution in [3.8, 4) is 5.75 Å². The lowest BCUT2D eigenvalue weighted by molar-refractivity contribution is 0.419. The van der Waals surface area contributed by atoms with E-state index in [1.165, 1.54) is 18.3 Å². The lowest BCUT2D eigenvalue weighted by Crippen LogP contribution is -2.01. The van der Waals surface area contributed by atoms with Crippen molar-refractivity contribution in [2.75, 3.05) is 0 Å². The van der Waals surface area contributed by atoms with Gasteiger partial charge in [0.25, 0.3) is 0 Å². The molecule has 0 atom stereocenters. The first kappa shape index (κ1) is 8.95. The van der Waals surface area contributed by atoms with Gasteiger partial charge in [0.1, 0.15) is 0 Å². The summed E-state index contributed by atoms with van der Waals surface area (Å²) in [6, 6.07) is 4.40. The molecule has 0 saturated heterocycles. The SMILES string of the molecule is O=S(=O)(F)Oc1cccc2cnoc12. The summed E-state index contributed by atoms with van der Waals surface area (Å²) in [4.78, 5) is 0. The minimum absolute atomic E-state index is 0.0914. The number of hydrogen-bond acceptors (Lipinski definition) is 5. The molecule has 2 aromatic rings. The first-order valence-electron chi connectivity index (χ1n) is 3.54. The Morgan fingerprint density at radius 2 is 2.21 bits per heavy atom. The van der Waals surface area contributed by atoms with Gasteiger partial charge in [-0.05, 0) is 12.1 Å². The highest BCUT2D eigenvalue weighted by molar-refractivity contribution is 7.81. The van der Waals surface area contributed by atoms with E-state index >= 15 is 0 Å². The summed E-state index contributed by atoms with van der Waals surface area (Å²) < 4.78 is 41.4. The molecule has 0 aliphatic carbocycles. The van der Waals surface area contributed by atoms with Crippen LogP contribution in [0.4, 0.5) is 3.89 Å². The van der Waals surface area contributed by atoms with Crippen molar-refractivity contribution in [3.05, 3.63) is 24.4 Å². The molecule has 0 radical (unpaired) electrons. The Bertz CT molecular complexity index is 562. The van der Waals surface area contributed by atoms with Crippen LogP contribution in [0, 0.1) is 0 Å². The van der Waals surface area contributed by atoms with Crippen molar-refractivity contribution in [2.24, 2.45) is 0 Å². The van der Waals surface area contributed by atoms with Crippen LogP contribution >= 0.6 is 0 Å². The third-order valence-corrected chi connectivity index (χ3v) is 1.91. The summed E-state index contributed by atoms with van der Waals surface area (Å²) in [5.41, 5.74) is 0.0914. The average molecular weight is 217 g/mol. The van der Waals surface area contributed by atoms with Gasteiger partial charge in [0.15, 0.2) is 5.75 Å². The summed E-state index contributed by atoms with van der Waals surface area (Å²) in [5, 5.41) is 3.95. The largest absolute Gasteiger partial charge is 0.488 e. The standard InChI is InChI=1S/C7H4FNO4S/c8-14(10,11)13-6-3-1-2-5-4-9-12-7(5)6/h1-4H. The second-order valence-electron chi connectivity index (χ2n) is 2.48. The molecule has 74 valence electrons. The Morgan fingerprint density at radius 3 is 2.93 bits per heavy atom. The van der Waals surface area contributed by atoms with E-state index in [4.69, 9.17) is 0 Å². The minimum atomic E-state index is -5.03. The molecular formula is C7H4FNO4S. The predicted octanol–water partition coefficient (Wildman–Crippen LogP) is 1.42. The van der Waals surface area contributed by atoms with Crippen LogP contribution in [0.2, 0.25) is 0 Å². The average Bonchev–Trinajstić information content (AvgIpc) is 2.49. The van der Waals surface area contributed by atoms with Crippen LogP contribution < -0.4 is 4.18 Å². The number of para-hydroxylation sites is 1. The second-order valence-corrected chi connectivity index (χ2v) is 3.43. The number of aromatic nitrogens is 1. The van der Waals surface area contributed by atoms with Gasteiger partial charge < -0.3 is 8.71 Å². The predicted molar refractivity (Wildman–Crippen MR) is 44.7 cm³/mol. The van der Waals surface area contributed by atoms with E-state index in [0.29, 0.717) is 5.39 Å². The number of nitrogens with zero attached hydrogens (tertiary/aromatic N) is 1. The second kappa shape index (κ2) is 2.95. The molecule has 0 unspecified atom stereocenters. The van der Waals surface area contributed by atoms with Gasteiger partial charge in [0, 0.05) is 5.39 Å². The van der Waals surface area contributed by atoms with Gasteiger partial charge in [0.2, 0.25) is 5.58 Å². The number of fused-ring (bicyclic) bond motifs is 1. The molecule has 0 aliphatic heterocycles. The Morgan fingerprint density at radius 1 is 1.43 bits per heavy atom. The highest BCUT2D eigenvalue weighted by Gasteiger charge is 2.14. The molecule has 0 spiro atoms. The number of hydrogen-bond donors (Lipinski definition) is 0. The monoisotopic (exact) mass is 217 g/mol. The van der Waals surface area contributed by atoms with Crippen LogP contribution in [0.3, 0.4) is 0 Å². The molecule has 0 bridgehead atoms. The van der Waals surface area contributed by atoms with Crippen LogP contribution in [0.15, 0.2) is 28.9 Å². The third-order valence-electron chi connectivity index (χ3n) is 1.53. The van der Waals surface area contributed by atoms with Crippen LogP contribution in [0.5, 0.6) is 5.75 Å². The minimum Gasteiger partial charge on any atom is -0.354 e. The fourth-order valence-electron chi connectivity index (χ4n) is 1.04. The maximum atomic E-state index is 12.2. The Balaban J connectivity index is 2.57. The van der Waals surface area contributed by atoms with E-state index in [2.05, 4.69) is 13.9 Å². The van der Waals surface area contributed by atoms with E-state index in [-0.39, 0.29) is 11.3 Å². The van der Waals surface area contributed by atoms with E-state index in [0.717, 1.165) is 0 Å². The third kappa shape index (κ3) is 1.67.